The van der Waals surface area contributed by atoms with E-state index in [-0.39, 0.29) is 16.9 Å². The summed E-state index contributed by atoms with van der Waals surface area (Å²) in [7, 11) is 0. The first-order valence-corrected chi connectivity index (χ1v) is 5.90. The van der Waals surface area contributed by atoms with Gasteiger partial charge in [-0.15, -0.1) is 0 Å². The summed E-state index contributed by atoms with van der Waals surface area (Å²) < 4.78 is 13.2. The zero-order valence-corrected chi connectivity index (χ0v) is 9.97. The summed E-state index contributed by atoms with van der Waals surface area (Å²) >= 11 is 5.91. The molecule has 2 nitrogen and oxygen atoms in total. The van der Waals surface area contributed by atoms with Crippen molar-refractivity contribution in [3.63, 3.8) is 0 Å². The first-order valence-electron chi connectivity index (χ1n) is 5.52. The Labute approximate surface area is 99.9 Å². The van der Waals surface area contributed by atoms with Crippen LogP contribution in [0.2, 0.25) is 5.02 Å². The molecule has 0 bridgehead atoms. The van der Waals surface area contributed by atoms with Crippen LogP contribution in [0.25, 0.3) is 0 Å². The van der Waals surface area contributed by atoms with Crippen LogP contribution < -0.4 is 11.3 Å². The van der Waals surface area contributed by atoms with E-state index in [2.05, 4.69) is 12.3 Å². The van der Waals surface area contributed by atoms with Crippen molar-refractivity contribution in [2.75, 3.05) is 0 Å². The van der Waals surface area contributed by atoms with Crippen LogP contribution in [0.3, 0.4) is 0 Å². The molecule has 3 atom stereocenters. The summed E-state index contributed by atoms with van der Waals surface area (Å²) in [6.07, 6.45) is 1.86. The Bertz CT molecular complexity index is 383. The van der Waals surface area contributed by atoms with Crippen LogP contribution in [0.4, 0.5) is 4.39 Å². The second-order valence-corrected chi connectivity index (χ2v) is 4.95. The number of rotatable bonds is 4. The van der Waals surface area contributed by atoms with Gasteiger partial charge in [-0.2, -0.15) is 0 Å². The van der Waals surface area contributed by atoms with Gasteiger partial charge in [-0.25, -0.2) is 4.39 Å². The van der Waals surface area contributed by atoms with Crippen molar-refractivity contribution in [1.82, 2.24) is 5.43 Å². The second-order valence-electron chi connectivity index (χ2n) is 4.57. The fraction of sp³-hybridized carbons (Fsp3) is 0.500. The minimum atomic E-state index is -0.362. The molecule has 0 heterocycles. The minimum Gasteiger partial charge on any atom is -0.271 e. The van der Waals surface area contributed by atoms with Crippen molar-refractivity contribution in [2.24, 2.45) is 17.7 Å². The molecule has 3 unspecified atom stereocenters. The Morgan fingerprint density at radius 1 is 1.62 bits per heavy atom. The van der Waals surface area contributed by atoms with Crippen LogP contribution in [0.5, 0.6) is 0 Å². The third-order valence-electron chi connectivity index (χ3n) is 3.37. The van der Waals surface area contributed by atoms with Gasteiger partial charge < -0.3 is 0 Å². The standard InChI is InChI=1S/C12H16ClFN2/c1-7-5-9(7)11(16-15)6-8-3-2-4-10(14)12(8)13/h2-4,7,9,11,16H,5-6,15H2,1H3. The molecule has 3 N–H and O–H groups in total. The summed E-state index contributed by atoms with van der Waals surface area (Å²) in [6, 6.07) is 5.09. The quantitative estimate of drug-likeness (QED) is 0.629. The van der Waals surface area contributed by atoms with Crippen LogP contribution in [0, 0.1) is 17.7 Å². The summed E-state index contributed by atoms with van der Waals surface area (Å²) in [5, 5.41) is 0.219. The normalized spacial score (nSPS) is 25.5. The van der Waals surface area contributed by atoms with Crippen molar-refractivity contribution < 1.29 is 4.39 Å². The van der Waals surface area contributed by atoms with Crippen molar-refractivity contribution in [1.29, 1.82) is 0 Å². The van der Waals surface area contributed by atoms with Crippen molar-refractivity contribution in [3.05, 3.63) is 34.6 Å². The van der Waals surface area contributed by atoms with Gasteiger partial charge in [-0.05, 0) is 36.3 Å². The van der Waals surface area contributed by atoms with E-state index < -0.39 is 0 Å². The number of hydrogen-bond donors (Lipinski definition) is 2. The molecule has 1 aliphatic rings. The highest BCUT2D eigenvalue weighted by Crippen LogP contribution is 2.41. The Morgan fingerprint density at radius 2 is 2.31 bits per heavy atom. The van der Waals surface area contributed by atoms with Crippen LogP contribution in [0.1, 0.15) is 18.9 Å². The van der Waals surface area contributed by atoms with Crippen LogP contribution >= 0.6 is 11.6 Å². The number of nitrogens with one attached hydrogen (secondary N) is 1. The maximum Gasteiger partial charge on any atom is 0.142 e. The van der Waals surface area contributed by atoms with Gasteiger partial charge in [0.05, 0.1) is 5.02 Å². The molecule has 1 saturated carbocycles. The number of hydrogen-bond acceptors (Lipinski definition) is 2. The van der Waals surface area contributed by atoms with Crippen LogP contribution in [0.15, 0.2) is 18.2 Å². The monoisotopic (exact) mass is 242 g/mol. The molecular weight excluding hydrogens is 227 g/mol. The van der Waals surface area contributed by atoms with Gasteiger partial charge in [0.25, 0.3) is 0 Å². The number of hydrazine groups is 1. The molecule has 2 rings (SSSR count). The van der Waals surface area contributed by atoms with Crippen molar-refractivity contribution >= 4 is 11.6 Å². The van der Waals surface area contributed by atoms with Crippen LogP contribution in [-0.2, 0) is 6.42 Å². The van der Waals surface area contributed by atoms with Gasteiger partial charge in [-0.3, -0.25) is 11.3 Å². The largest absolute Gasteiger partial charge is 0.271 e. The van der Waals surface area contributed by atoms with E-state index in [9.17, 15) is 4.39 Å². The van der Waals surface area contributed by atoms with Gasteiger partial charge in [0.2, 0.25) is 0 Å². The average molecular weight is 243 g/mol. The number of halogens is 2. The Balaban J connectivity index is 2.10. The Hall–Kier alpha value is -0.640. The minimum absolute atomic E-state index is 0.189. The lowest BCUT2D eigenvalue weighted by Gasteiger charge is -2.16. The highest BCUT2D eigenvalue weighted by Gasteiger charge is 2.39. The predicted octanol–water partition coefficient (Wildman–Crippen LogP) is 2.51. The third-order valence-corrected chi connectivity index (χ3v) is 3.80. The summed E-state index contributed by atoms with van der Waals surface area (Å²) in [5.74, 6) is 6.45. The lowest BCUT2D eigenvalue weighted by atomic mass is 10.0. The smallest absolute Gasteiger partial charge is 0.142 e. The van der Waals surface area contributed by atoms with E-state index >= 15 is 0 Å². The fourth-order valence-corrected chi connectivity index (χ4v) is 2.39. The van der Waals surface area contributed by atoms with Gasteiger partial charge >= 0.3 is 0 Å². The van der Waals surface area contributed by atoms with Gasteiger partial charge in [-0.1, -0.05) is 30.7 Å². The van der Waals surface area contributed by atoms with E-state index in [1.807, 2.05) is 6.07 Å². The Morgan fingerprint density at radius 3 is 2.88 bits per heavy atom. The molecule has 0 spiro atoms. The van der Waals surface area contributed by atoms with E-state index in [1.54, 1.807) is 6.07 Å². The van der Waals surface area contributed by atoms with Gasteiger partial charge in [0.15, 0.2) is 0 Å². The van der Waals surface area contributed by atoms with E-state index in [1.165, 1.54) is 12.5 Å². The summed E-state index contributed by atoms with van der Waals surface area (Å²) in [4.78, 5) is 0. The summed E-state index contributed by atoms with van der Waals surface area (Å²) in [6.45, 7) is 2.20. The molecule has 0 aromatic heterocycles. The maximum atomic E-state index is 13.2. The third kappa shape index (κ3) is 2.37. The van der Waals surface area contributed by atoms with Gasteiger partial charge in [0.1, 0.15) is 5.82 Å². The molecule has 0 saturated heterocycles. The van der Waals surface area contributed by atoms with Gasteiger partial charge in [0, 0.05) is 6.04 Å². The predicted molar refractivity (Wildman–Crippen MR) is 63.5 cm³/mol. The lowest BCUT2D eigenvalue weighted by Crippen LogP contribution is -2.39. The maximum absolute atomic E-state index is 13.2. The van der Waals surface area contributed by atoms with Crippen molar-refractivity contribution in [2.45, 2.75) is 25.8 Å². The number of nitrogens with two attached hydrogens (primary N) is 1. The number of benzene rings is 1. The van der Waals surface area contributed by atoms with Crippen LogP contribution in [-0.4, -0.2) is 6.04 Å². The average Bonchev–Trinajstić information content (AvgIpc) is 2.98. The van der Waals surface area contributed by atoms with E-state index in [0.29, 0.717) is 18.3 Å². The lowest BCUT2D eigenvalue weighted by molar-refractivity contribution is 0.453. The molecule has 1 aliphatic carbocycles. The second kappa shape index (κ2) is 4.70. The zero-order chi connectivity index (χ0) is 11.7. The summed E-state index contributed by atoms with van der Waals surface area (Å²) in [5.41, 5.74) is 3.63. The molecule has 4 heteroatoms. The molecule has 0 radical (unpaired) electrons. The SMILES string of the molecule is CC1CC1C(Cc1cccc(F)c1Cl)NN. The molecule has 88 valence electrons. The topological polar surface area (TPSA) is 38.0 Å². The Kier molecular flexibility index (Phi) is 3.47. The molecule has 0 amide bonds. The fourth-order valence-electron chi connectivity index (χ4n) is 2.19. The molecule has 0 aliphatic heterocycles. The first-order chi connectivity index (χ1) is 7.63. The van der Waals surface area contributed by atoms with E-state index in [0.717, 1.165) is 5.56 Å². The zero-order valence-electron chi connectivity index (χ0n) is 9.21. The molecule has 16 heavy (non-hydrogen) atoms. The highest BCUT2D eigenvalue weighted by atomic mass is 35.5. The molecule has 1 aromatic carbocycles. The van der Waals surface area contributed by atoms with Crippen molar-refractivity contribution in [3.8, 4) is 0 Å². The van der Waals surface area contributed by atoms with E-state index in [4.69, 9.17) is 17.4 Å². The highest BCUT2D eigenvalue weighted by molar-refractivity contribution is 6.31. The first kappa shape index (κ1) is 11.8. The molecule has 1 fully saturated rings. The molecular formula is C12H16ClFN2. The molecule has 1 aromatic rings.